The maximum atomic E-state index is 5.55. The minimum atomic E-state index is -1.53. The second-order valence-corrected chi connectivity index (χ2v) is 69.7. The molecular weight excluding hydrogens is 1050 g/mol. The Kier molecular flexibility index (Phi) is 15.0. The molecule has 0 N–H and O–H groups in total. The zero-order valence-corrected chi connectivity index (χ0v) is 53.9. The maximum Gasteiger partial charge on any atom is 0.0809 e. The van der Waals surface area contributed by atoms with E-state index >= 15 is 0 Å². The molecule has 364 valence electrons. The van der Waals surface area contributed by atoms with Crippen molar-refractivity contribution in [3.63, 3.8) is 0 Å². The van der Waals surface area contributed by atoms with E-state index in [0.29, 0.717) is 0 Å². The molecular formula is C35H84N14P14. The molecule has 0 bridgehead atoms. The van der Waals surface area contributed by atoms with Crippen LogP contribution in [0.1, 0.15) is 44.9 Å². The van der Waals surface area contributed by atoms with Gasteiger partial charge in [-0.25, -0.2) is 63.2 Å². The minimum absolute atomic E-state index is 1.08. The quantitative estimate of drug-likeness (QED) is 0.210. The van der Waals surface area contributed by atoms with Crippen molar-refractivity contribution in [1.82, 2.24) is 0 Å². The van der Waals surface area contributed by atoms with Crippen molar-refractivity contribution >= 4 is 101 Å². The predicted molar refractivity (Wildman–Crippen MR) is 314 cm³/mol. The second kappa shape index (κ2) is 18.0. The van der Waals surface area contributed by atoms with Gasteiger partial charge in [0.2, 0.25) is 0 Å². The largest absolute Gasteiger partial charge is 0.242 e. The van der Waals surface area contributed by atoms with Gasteiger partial charge < -0.3 is 0 Å². The Bertz CT molecular complexity index is 2320. The molecule has 11 aliphatic heterocycles. The van der Waals surface area contributed by atoms with E-state index in [-0.39, 0.29) is 0 Å². The number of nitrogens with zero attached hydrogens (tertiary/aromatic N) is 14. The highest BCUT2D eigenvalue weighted by Gasteiger charge is 2.45. The average molecular weight is 1130 g/mol. The normalized spacial score (nSPS) is 33.6. The van der Waals surface area contributed by atoms with E-state index in [4.69, 9.17) is 63.2 Å². The van der Waals surface area contributed by atoms with Gasteiger partial charge in [-0.3, -0.25) is 0 Å². The zero-order valence-electron chi connectivity index (χ0n) is 41.4. The highest BCUT2D eigenvalue weighted by atomic mass is 31.3. The third-order valence-electron chi connectivity index (χ3n) is 12.6. The average Bonchev–Trinajstić information content (AvgIpc) is 2.95. The SMILES string of the molecule is C1CP2(=NP3(=NP4(=N2)CCC4)CCC3)C1.C1CP2(=NP3(=NP4(=NP5(=N2)CCC5)CCC4)CCC3)C1.CP1(C)=NP(C)(C)=NP(C)(C)=N1.CP1(C)=NP(C)(C)=NP(C)(C)=NP(C)(C)=N1. The number of hydrogen-bond acceptors (Lipinski definition) is 14. The van der Waals surface area contributed by atoms with Crippen molar-refractivity contribution in [2.24, 2.45) is 63.2 Å². The molecule has 0 aromatic carbocycles. The summed E-state index contributed by atoms with van der Waals surface area (Å²) in [6, 6.07) is 0. The first-order valence-electron chi connectivity index (χ1n) is 23.3. The van der Waals surface area contributed by atoms with Crippen LogP contribution in [0, 0.1) is 0 Å². The summed E-state index contributed by atoms with van der Waals surface area (Å²) < 4.78 is 72.1. The van der Waals surface area contributed by atoms with Crippen LogP contribution in [0.5, 0.6) is 0 Å². The van der Waals surface area contributed by atoms with Gasteiger partial charge in [0.25, 0.3) is 0 Å². The summed E-state index contributed by atoms with van der Waals surface area (Å²) >= 11 is 0. The van der Waals surface area contributed by atoms with Gasteiger partial charge in [0.1, 0.15) is 0 Å². The van der Waals surface area contributed by atoms with E-state index in [9.17, 15) is 0 Å². The molecule has 14 nitrogen and oxygen atoms in total. The standard InChI is InChI=1S/C12H24N4P4.C9H18N3P3.C8H24N4P4.C6H18N3P3/c1-5-17(6-1)13-18(7-2-8-18)15-20(11-4-12-20)16-19(14-17)9-3-10-19;1-4-13(5-1)10-14(6-2-7-14)12-15(11-13)8-3-9-15;1-13(2)9-14(3,4)11-16(7,8)12-15(5,6)10-13;1-10(2)7-11(3,4)9-12(5,6)8-10/h1-12H2;1-9H2;1-8H3;1-6H3. The molecule has 28 heteroatoms. The van der Waals surface area contributed by atoms with Crippen LogP contribution in [0.3, 0.4) is 0 Å². The Morgan fingerprint density at radius 3 is 0.317 bits per heavy atom. The van der Waals surface area contributed by atoms with Crippen molar-refractivity contribution in [1.29, 1.82) is 0 Å². The summed E-state index contributed by atoms with van der Waals surface area (Å²) in [7, 11) is -18.4. The van der Waals surface area contributed by atoms with Crippen LogP contribution in [0.25, 0.3) is 0 Å². The molecule has 0 unspecified atom stereocenters. The molecule has 0 aliphatic carbocycles. The lowest BCUT2D eigenvalue weighted by atomic mass is 10.5. The van der Waals surface area contributed by atoms with E-state index in [1.807, 2.05) is 0 Å². The third-order valence-corrected chi connectivity index (χ3v) is 70.2. The molecule has 11 heterocycles. The van der Waals surface area contributed by atoms with Gasteiger partial charge in [0.15, 0.2) is 0 Å². The van der Waals surface area contributed by atoms with Gasteiger partial charge in [0, 0.05) is 86.3 Å². The molecule has 11 rings (SSSR count). The van der Waals surface area contributed by atoms with Gasteiger partial charge >= 0.3 is 0 Å². The Hall–Kier alpha value is 3.22. The number of hydrogen-bond donors (Lipinski definition) is 0. The molecule has 0 atom stereocenters. The summed E-state index contributed by atoms with van der Waals surface area (Å²) in [6.07, 6.45) is 28.5. The van der Waals surface area contributed by atoms with Crippen LogP contribution < -0.4 is 0 Å². The lowest BCUT2D eigenvalue weighted by molar-refractivity contribution is 0.958. The Labute approximate surface area is 386 Å². The smallest absolute Gasteiger partial charge is 0.0809 e. The van der Waals surface area contributed by atoms with Crippen molar-refractivity contribution in [3.8, 4) is 0 Å². The van der Waals surface area contributed by atoms with E-state index in [1.54, 1.807) is 0 Å². The molecule has 11 aliphatic rings. The Balaban J connectivity index is 0.000000117. The van der Waals surface area contributed by atoms with Gasteiger partial charge in [-0.15, -0.1) is 0 Å². The fourth-order valence-corrected chi connectivity index (χ4v) is 80.6. The van der Waals surface area contributed by atoms with Gasteiger partial charge in [-0.2, -0.15) is 0 Å². The first-order chi connectivity index (χ1) is 28.8. The van der Waals surface area contributed by atoms with Crippen molar-refractivity contribution in [3.05, 3.63) is 0 Å². The summed E-state index contributed by atoms with van der Waals surface area (Å²) in [5.74, 6) is 0. The fourth-order valence-electron chi connectivity index (χ4n) is 10.5. The molecule has 0 aromatic heterocycles. The Morgan fingerprint density at radius 2 is 0.254 bits per heavy atom. The van der Waals surface area contributed by atoms with Gasteiger partial charge in [0.05, 0.1) is 101 Å². The molecule has 0 amide bonds. The lowest BCUT2D eigenvalue weighted by Crippen LogP contribution is -2.17. The van der Waals surface area contributed by atoms with Crippen molar-refractivity contribution in [2.75, 3.05) is 180 Å². The first-order valence-corrected chi connectivity index (χ1v) is 55.9. The van der Waals surface area contributed by atoms with Gasteiger partial charge in [-0.1, -0.05) is 0 Å². The fraction of sp³-hybridized carbons (Fsp3) is 1.00. The van der Waals surface area contributed by atoms with E-state index < -0.39 is 101 Å². The molecule has 7 saturated heterocycles. The van der Waals surface area contributed by atoms with E-state index in [2.05, 4.69) is 93.3 Å². The monoisotopic (exact) mass is 1130 g/mol. The topological polar surface area (TPSA) is 173 Å². The van der Waals surface area contributed by atoms with Crippen LogP contribution in [-0.2, 0) is 0 Å². The minimum Gasteiger partial charge on any atom is -0.242 e. The van der Waals surface area contributed by atoms with Crippen LogP contribution in [0.15, 0.2) is 63.2 Å². The third kappa shape index (κ3) is 12.7. The molecule has 7 spiro atoms. The molecule has 0 saturated carbocycles. The molecule has 7 fully saturated rings. The Morgan fingerprint density at radius 1 is 0.159 bits per heavy atom. The predicted octanol–water partition coefficient (Wildman–Crippen LogP) is 20.3. The molecule has 0 aromatic rings. The number of rotatable bonds is 0. The highest BCUT2D eigenvalue weighted by molar-refractivity contribution is 7.90. The van der Waals surface area contributed by atoms with Crippen molar-refractivity contribution < 1.29 is 0 Å². The summed E-state index contributed by atoms with van der Waals surface area (Å²) in [6.45, 7) is 30.5. The maximum absolute atomic E-state index is 5.55. The molecule has 0 radical (unpaired) electrons. The summed E-state index contributed by atoms with van der Waals surface area (Å²) in [4.78, 5) is 0. The van der Waals surface area contributed by atoms with E-state index in [1.165, 1.54) is 131 Å². The molecule has 63 heavy (non-hydrogen) atoms. The second-order valence-electron chi connectivity index (χ2n) is 22.4. The van der Waals surface area contributed by atoms with Gasteiger partial charge in [-0.05, 0) is 138 Å². The van der Waals surface area contributed by atoms with Crippen LogP contribution >= 0.6 is 101 Å². The lowest BCUT2D eigenvalue weighted by Gasteiger charge is -2.46. The van der Waals surface area contributed by atoms with Crippen molar-refractivity contribution in [2.45, 2.75) is 44.9 Å². The highest BCUT2D eigenvalue weighted by Crippen LogP contribution is 2.86. The van der Waals surface area contributed by atoms with Crippen LogP contribution in [0.4, 0.5) is 0 Å². The first kappa shape index (κ1) is 52.5. The van der Waals surface area contributed by atoms with Crippen LogP contribution in [0.2, 0.25) is 0 Å². The van der Waals surface area contributed by atoms with E-state index in [0.717, 1.165) is 0 Å². The van der Waals surface area contributed by atoms with Crippen LogP contribution in [-0.4, -0.2) is 180 Å². The summed E-state index contributed by atoms with van der Waals surface area (Å²) in [5.41, 5.74) is 0. The zero-order chi connectivity index (χ0) is 45.7. The summed E-state index contributed by atoms with van der Waals surface area (Å²) in [5, 5.41) is 0.